The molecule has 120 valence electrons. The van der Waals surface area contributed by atoms with Crippen molar-refractivity contribution in [3.8, 4) is 0 Å². The first kappa shape index (κ1) is 15.8. The van der Waals surface area contributed by atoms with E-state index in [1.54, 1.807) is 30.3 Å². The molecule has 1 aromatic carbocycles. The Morgan fingerprint density at radius 1 is 1.22 bits per heavy atom. The topological polar surface area (TPSA) is 67.6 Å². The predicted molar refractivity (Wildman–Crippen MR) is 86.7 cm³/mol. The van der Waals surface area contributed by atoms with Crippen molar-refractivity contribution >= 4 is 33.4 Å². The van der Waals surface area contributed by atoms with Crippen molar-refractivity contribution in [2.24, 2.45) is 0 Å². The minimum Gasteiger partial charge on any atom is -0.465 e. The predicted octanol–water partition coefficient (Wildman–Crippen LogP) is 2.63. The van der Waals surface area contributed by atoms with Gasteiger partial charge in [-0.1, -0.05) is 11.6 Å². The van der Waals surface area contributed by atoms with Crippen LogP contribution in [0.2, 0.25) is 5.02 Å². The summed E-state index contributed by atoms with van der Waals surface area (Å²) in [5.74, 6) is 0.341. The fourth-order valence-corrected chi connectivity index (χ4v) is 4.05. The molecule has 1 aromatic heterocycles. The van der Waals surface area contributed by atoms with Crippen LogP contribution in [0.4, 0.5) is 0 Å². The van der Waals surface area contributed by atoms with Gasteiger partial charge in [0.2, 0.25) is 5.91 Å². The van der Waals surface area contributed by atoms with Gasteiger partial charge in [0.15, 0.2) is 9.84 Å². The zero-order chi connectivity index (χ0) is 16.4. The first-order chi connectivity index (χ1) is 11.0. The van der Waals surface area contributed by atoms with E-state index in [1.807, 2.05) is 0 Å². The molecule has 0 atom stereocenters. The van der Waals surface area contributed by atoms with E-state index in [2.05, 4.69) is 0 Å². The quantitative estimate of drug-likeness (QED) is 0.794. The lowest BCUT2D eigenvalue weighted by atomic mass is 10.2. The Balaban J connectivity index is 1.62. The van der Waals surface area contributed by atoms with E-state index >= 15 is 0 Å². The lowest BCUT2D eigenvalue weighted by molar-refractivity contribution is -0.128. The standard InChI is InChI=1S/C16H14ClNO4S/c17-12-3-6-14(7-4-12)23(20,21)15-10-18(11-15)16(19)8-5-13-2-1-9-22-13/h1-9,15H,10-11H2. The Morgan fingerprint density at radius 3 is 2.52 bits per heavy atom. The highest BCUT2D eigenvalue weighted by Crippen LogP contribution is 2.25. The third kappa shape index (κ3) is 3.33. The van der Waals surface area contributed by atoms with Gasteiger partial charge in [-0.05, 0) is 42.5 Å². The van der Waals surface area contributed by atoms with Crippen LogP contribution in [0.5, 0.6) is 0 Å². The number of amides is 1. The average molecular weight is 352 g/mol. The van der Waals surface area contributed by atoms with E-state index < -0.39 is 15.1 Å². The molecule has 1 saturated heterocycles. The third-order valence-corrected chi connectivity index (χ3v) is 6.03. The van der Waals surface area contributed by atoms with Crippen molar-refractivity contribution in [3.63, 3.8) is 0 Å². The lowest BCUT2D eigenvalue weighted by Crippen LogP contribution is -2.56. The van der Waals surface area contributed by atoms with Gasteiger partial charge >= 0.3 is 0 Å². The highest BCUT2D eigenvalue weighted by molar-refractivity contribution is 7.92. The number of hydrogen-bond donors (Lipinski definition) is 0. The SMILES string of the molecule is O=C(C=Cc1ccco1)N1CC(S(=O)(=O)c2ccc(Cl)cc2)C1. The summed E-state index contributed by atoms with van der Waals surface area (Å²) in [4.78, 5) is 13.7. The molecule has 1 aliphatic heterocycles. The fraction of sp³-hybridized carbons (Fsp3) is 0.188. The number of benzene rings is 1. The fourth-order valence-electron chi connectivity index (χ4n) is 2.28. The monoisotopic (exact) mass is 351 g/mol. The number of carbonyl (C=O) groups is 1. The van der Waals surface area contributed by atoms with E-state index in [0.717, 1.165) is 0 Å². The Hall–Kier alpha value is -2.05. The van der Waals surface area contributed by atoms with Gasteiger partial charge < -0.3 is 9.32 Å². The van der Waals surface area contributed by atoms with E-state index in [1.165, 1.54) is 29.4 Å². The number of hydrogen-bond acceptors (Lipinski definition) is 4. The molecule has 0 unspecified atom stereocenters. The summed E-state index contributed by atoms with van der Waals surface area (Å²) in [5.41, 5.74) is 0. The first-order valence-electron chi connectivity index (χ1n) is 6.97. The summed E-state index contributed by atoms with van der Waals surface area (Å²) in [5, 5.41) is -0.0953. The van der Waals surface area contributed by atoms with Crippen molar-refractivity contribution in [3.05, 3.63) is 59.5 Å². The molecular formula is C16H14ClNO4S. The molecule has 1 fully saturated rings. The number of halogens is 1. The van der Waals surface area contributed by atoms with E-state index in [0.29, 0.717) is 10.8 Å². The molecule has 0 saturated carbocycles. The van der Waals surface area contributed by atoms with E-state index in [-0.39, 0.29) is 23.9 Å². The number of carbonyl (C=O) groups excluding carboxylic acids is 1. The van der Waals surface area contributed by atoms with Gasteiger partial charge in [0.1, 0.15) is 11.0 Å². The van der Waals surface area contributed by atoms with Gasteiger partial charge in [-0.15, -0.1) is 0 Å². The smallest absolute Gasteiger partial charge is 0.246 e. The van der Waals surface area contributed by atoms with Crippen LogP contribution in [-0.2, 0) is 14.6 Å². The van der Waals surface area contributed by atoms with E-state index in [4.69, 9.17) is 16.0 Å². The molecule has 1 amide bonds. The summed E-state index contributed by atoms with van der Waals surface area (Å²) < 4.78 is 29.9. The Kier molecular flexibility index (Phi) is 4.28. The molecule has 0 aliphatic carbocycles. The molecule has 5 nitrogen and oxygen atoms in total. The van der Waals surface area contributed by atoms with Gasteiger partial charge in [0.05, 0.1) is 11.2 Å². The maximum Gasteiger partial charge on any atom is 0.246 e. The number of nitrogens with zero attached hydrogens (tertiary/aromatic N) is 1. The Bertz CT molecular complexity index is 819. The molecule has 3 rings (SSSR count). The van der Waals surface area contributed by atoms with Crippen molar-refractivity contribution in [1.82, 2.24) is 4.90 Å². The molecule has 0 radical (unpaired) electrons. The van der Waals surface area contributed by atoms with Crippen LogP contribution in [0, 0.1) is 0 Å². The van der Waals surface area contributed by atoms with Crippen LogP contribution in [0.25, 0.3) is 6.08 Å². The largest absolute Gasteiger partial charge is 0.465 e. The van der Waals surface area contributed by atoms with Crippen LogP contribution in [0.15, 0.2) is 58.1 Å². The number of rotatable bonds is 4. The van der Waals surface area contributed by atoms with Crippen LogP contribution in [0.3, 0.4) is 0 Å². The molecule has 0 spiro atoms. The van der Waals surface area contributed by atoms with Gasteiger partial charge in [-0.3, -0.25) is 4.79 Å². The molecule has 1 aliphatic rings. The van der Waals surface area contributed by atoms with Gasteiger partial charge in [0.25, 0.3) is 0 Å². The van der Waals surface area contributed by atoms with Gasteiger partial charge in [-0.25, -0.2) is 8.42 Å². The minimum atomic E-state index is -3.44. The van der Waals surface area contributed by atoms with Gasteiger partial charge in [0, 0.05) is 24.2 Å². The summed E-state index contributed by atoms with van der Waals surface area (Å²) >= 11 is 5.77. The van der Waals surface area contributed by atoms with Crippen molar-refractivity contribution in [2.45, 2.75) is 10.1 Å². The molecule has 7 heteroatoms. The third-order valence-electron chi connectivity index (χ3n) is 3.67. The highest BCUT2D eigenvalue weighted by atomic mass is 35.5. The maximum absolute atomic E-state index is 12.4. The summed E-state index contributed by atoms with van der Waals surface area (Å²) in [7, 11) is -3.44. The number of sulfone groups is 1. The van der Waals surface area contributed by atoms with Crippen LogP contribution in [0.1, 0.15) is 5.76 Å². The Labute approximate surface area is 139 Å². The zero-order valence-corrected chi connectivity index (χ0v) is 13.6. The normalized spacial score (nSPS) is 15.8. The molecule has 23 heavy (non-hydrogen) atoms. The van der Waals surface area contributed by atoms with Crippen LogP contribution >= 0.6 is 11.6 Å². The Morgan fingerprint density at radius 2 is 1.91 bits per heavy atom. The second-order valence-electron chi connectivity index (χ2n) is 5.21. The molecular weight excluding hydrogens is 338 g/mol. The number of furan rings is 1. The minimum absolute atomic E-state index is 0.187. The number of likely N-dealkylation sites (tertiary alicyclic amines) is 1. The molecule has 2 heterocycles. The van der Waals surface area contributed by atoms with Crippen molar-refractivity contribution in [2.75, 3.05) is 13.1 Å². The van der Waals surface area contributed by atoms with Crippen LogP contribution in [-0.4, -0.2) is 37.6 Å². The zero-order valence-electron chi connectivity index (χ0n) is 12.1. The van der Waals surface area contributed by atoms with Crippen molar-refractivity contribution < 1.29 is 17.6 Å². The second-order valence-corrected chi connectivity index (χ2v) is 7.88. The van der Waals surface area contributed by atoms with Crippen LogP contribution < -0.4 is 0 Å². The average Bonchev–Trinajstić information content (AvgIpc) is 2.97. The molecule has 0 N–H and O–H groups in total. The maximum atomic E-state index is 12.4. The first-order valence-corrected chi connectivity index (χ1v) is 8.89. The lowest BCUT2D eigenvalue weighted by Gasteiger charge is -2.38. The van der Waals surface area contributed by atoms with Gasteiger partial charge in [-0.2, -0.15) is 0 Å². The summed E-state index contributed by atoms with van der Waals surface area (Å²) in [6.45, 7) is 0.374. The second kappa shape index (κ2) is 6.22. The van der Waals surface area contributed by atoms with E-state index in [9.17, 15) is 13.2 Å². The molecule has 0 bridgehead atoms. The highest BCUT2D eigenvalue weighted by Gasteiger charge is 2.39. The summed E-state index contributed by atoms with van der Waals surface area (Å²) in [6, 6.07) is 9.51. The molecule has 2 aromatic rings. The summed E-state index contributed by atoms with van der Waals surface area (Å²) in [6.07, 6.45) is 4.45. The van der Waals surface area contributed by atoms with Crippen molar-refractivity contribution in [1.29, 1.82) is 0 Å².